The maximum Gasteiger partial charge on any atom is 0.191 e. The van der Waals surface area contributed by atoms with Gasteiger partial charge < -0.3 is 20.5 Å². The molecule has 5 nitrogen and oxygen atoms in total. The van der Waals surface area contributed by atoms with Crippen LogP contribution in [0.5, 0.6) is 0 Å². The van der Waals surface area contributed by atoms with Gasteiger partial charge in [-0.15, -0.1) is 0 Å². The van der Waals surface area contributed by atoms with Crippen LogP contribution >= 0.6 is 11.3 Å². The summed E-state index contributed by atoms with van der Waals surface area (Å²) in [4.78, 5) is 4.65. The van der Waals surface area contributed by atoms with Crippen LogP contribution in [0.25, 0.3) is 0 Å². The molecule has 6 heteroatoms. The molecule has 27 heavy (non-hydrogen) atoms. The molecule has 1 aromatic heterocycles. The van der Waals surface area contributed by atoms with E-state index in [-0.39, 0.29) is 6.10 Å². The van der Waals surface area contributed by atoms with Crippen molar-refractivity contribution in [1.82, 2.24) is 10.6 Å². The first-order chi connectivity index (χ1) is 12.9. The van der Waals surface area contributed by atoms with Gasteiger partial charge in [0.1, 0.15) is 5.60 Å². The van der Waals surface area contributed by atoms with Crippen molar-refractivity contribution in [3.05, 3.63) is 57.8 Å². The van der Waals surface area contributed by atoms with Crippen LogP contribution in [0, 0.1) is 0 Å². The Balaban J connectivity index is 1.97. The molecule has 0 aliphatic carbocycles. The third kappa shape index (κ3) is 7.33. The van der Waals surface area contributed by atoms with E-state index in [2.05, 4.69) is 33.8 Å². The second-order valence-corrected chi connectivity index (χ2v) is 7.79. The zero-order valence-electron chi connectivity index (χ0n) is 16.7. The minimum Gasteiger partial charge on any atom is -0.384 e. The van der Waals surface area contributed by atoms with E-state index >= 15 is 0 Å². The van der Waals surface area contributed by atoms with Gasteiger partial charge in [-0.3, -0.25) is 0 Å². The Bertz CT molecular complexity index is 712. The van der Waals surface area contributed by atoms with Gasteiger partial charge >= 0.3 is 0 Å². The summed E-state index contributed by atoms with van der Waals surface area (Å²) in [6, 6.07) is 10.2. The van der Waals surface area contributed by atoms with E-state index in [0.717, 1.165) is 23.2 Å². The number of nitrogens with one attached hydrogen (secondary N) is 2. The Morgan fingerprint density at radius 3 is 2.70 bits per heavy atom. The highest BCUT2D eigenvalue weighted by atomic mass is 32.1. The highest BCUT2D eigenvalue weighted by Gasteiger charge is 2.23. The molecule has 1 heterocycles. The van der Waals surface area contributed by atoms with E-state index in [9.17, 15) is 5.11 Å². The molecule has 0 aliphatic rings. The monoisotopic (exact) mass is 389 g/mol. The van der Waals surface area contributed by atoms with E-state index < -0.39 is 5.60 Å². The van der Waals surface area contributed by atoms with Gasteiger partial charge in [-0.25, -0.2) is 4.99 Å². The Kier molecular flexibility index (Phi) is 8.28. The largest absolute Gasteiger partial charge is 0.384 e. The Hall–Kier alpha value is -1.89. The summed E-state index contributed by atoms with van der Waals surface area (Å²) in [5.41, 5.74) is 2.25. The summed E-state index contributed by atoms with van der Waals surface area (Å²) in [5.74, 6) is 0.692. The lowest BCUT2D eigenvalue weighted by atomic mass is 9.99. The second-order valence-electron chi connectivity index (χ2n) is 7.01. The van der Waals surface area contributed by atoms with Crippen molar-refractivity contribution < 1.29 is 9.84 Å². The Labute approximate surface area is 166 Å². The fraction of sp³-hybridized carbons (Fsp3) is 0.476. The Morgan fingerprint density at radius 2 is 2.04 bits per heavy atom. The van der Waals surface area contributed by atoms with Crippen molar-refractivity contribution in [2.24, 2.45) is 4.99 Å². The molecule has 0 radical (unpaired) electrons. The number of rotatable bonds is 9. The van der Waals surface area contributed by atoms with Gasteiger partial charge in [-0.2, -0.15) is 11.3 Å². The lowest BCUT2D eigenvalue weighted by Gasteiger charge is -2.24. The minimum atomic E-state index is -0.940. The van der Waals surface area contributed by atoms with Crippen molar-refractivity contribution in [1.29, 1.82) is 0 Å². The molecule has 0 amide bonds. The molecule has 0 bridgehead atoms. The summed E-state index contributed by atoms with van der Waals surface area (Å²) in [7, 11) is 0. The molecule has 1 atom stereocenters. The second kappa shape index (κ2) is 10.4. The predicted octanol–water partition coefficient (Wildman–Crippen LogP) is 3.64. The molecule has 0 aliphatic heterocycles. The maximum atomic E-state index is 10.7. The molecule has 1 aromatic carbocycles. The first-order valence-corrected chi connectivity index (χ1v) is 10.3. The molecule has 3 N–H and O–H groups in total. The van der Waals surface area contributed by atoms with Crippen LogP contribution in [-0.2, 0) is 23.5 Å². The number of aliphatic hydroxyl groups is 1. The zero-order valence-corrected chi connectivity index (χ0v) is 17.5. The predicted molar refractivity (Wildman–Crippen MR) is 113 cm³/mol. The van der Waals surface area contributed by atoms with E-state index in [0.29, 0.717) is 25.7 Å². The number of guanidine groups is 1. The van der Waals surface area contributed by atoms with Gasteiger partial charge in [0.25, 0.3) is 0 Å². The lowest BCUT2D eigenvalue weighted by Crippen LogP contribution is -2.44. The number of aliphatic imine (C=N–C) groups is 1. The number of nitrogens with zero attached hydrogens (tertiary/aromatic N) is 1. The Morgan fingerprint density at radius 1 is 1.26 bits per heavy atom. The van der Waals surface area contributed by atoms with Gasteiger partial charge in [0.15, 0.2) is 5.96 Å². The van der Waals surface area contributed by atoms with Gasteiger partial charge in [0.05, 0.1) is 25.8 Å². The van der Waals surface area contributed by atoms with Gasteiger partial charge in [-0.1, -0.05) is 24.3 Å². The van der Waals surface area contributed by atoms with Crippen LogP contribution in [0.4, 0.5) is 0 Å². The molecular formula is C21H31N3O2S. The van der Waals surface area contributed by atoms with Crippen LogP contribution in [-0.4, -0.2) is 30.3 Å². The van der Waals surface area contributed by atoms with Crippen molar-refractivity contribution in [2.75, 3.05) is 13.1 Å². The summed E-state index contributed by atoms with van der Waals surface area (Å²) < 4.78 is 5.67. The average Bonchev–Trinajstić information content (AvgIpc) is 3.18. The van der Waals surface area contributed by atoms with E-state index in [1.54, 1.807) is 11.3 Å². The van der Waals surface area contributed by atoms with Crippen LogP contribution in [0.1, 0.15) is 44.4 Å². The molecule has 0 saturated heterocycles. The molecule has 2 aromatic rings. The quantitative estimate of drug-likeness (QED) is 0.453. The fourth-order valence-electron chi connectivity index (χ4n) is 2.52. The van der Waals surface area contributed by atoms with Gasteiger partial charge in [0.2, 0.25) is 0 Å². The van der Waals surface area contributed by atoms with Crippen LogP contribution < -0.4 is 10.6 Å². The lowest BCUT2D eigenvalue weighted by molar-refractivity contribution is 0.0621. The smallest absolute Gasteiger partial charge is 0.191 e. The summed E-state index contributed by atoms with van der Waals surface area (Å²) in [6.07, 6.45) is 0.215. The zero-order chi connectivity index (χ0) is 19.7. The molecule has 0 fully saturated rings. The highest BCUT2D eigenvalue weighted by molar-refractivity contribution is 7.08. The number of benzene rings is 1. The molecule has 148 valence electrons. The number of thiophene rings is 1. The molecule has 0 saturated carbocycles. The van der Waals surface area contributed by atoms with Crippen LogP contribution in [0.2, 0.25) is 0 Å². The molecule has 1 unspecified atom stereocenters. The first kappa shape index (κ1) is 21.4. The van der Waals surface area contributed by atoms with E-state index in [4.69, 9.17) is 4.74 Å². The third-order valence-electron chi connectivity index (χ3n) is 4.08. The number of hydrogen-bond acceptors (Lipinski definition) is 4. The minimum absolute atomic E-state index is 0.215. The average molecular weight is 390 g/mol. The normalized spacial score (nSPS) is 14.2. The molecular weight excluding hydrogens is 358 g/mol. The third-order valence-corrected chi connectivity index (χ3v) is 4.77. The number of ether oxygens (including phenoxy) is 1. The van der Waals surface area contributed by atoms with E-state index in [1.165, 1.54) is 0 Å². The maximum absolute atomic E-state index is 10.7. The summed E-state index contributed by atoms with van der Waals surface area (Å²) in [5, 5.41) is 21.1. The van der Waals surface area contributed by atoms with E-state index in [1.807, 2.05) is 50.6 Å². The van der Waals surface area contributed by atoms with Crippen LogP contribution in [0.3, 0.4) is 0 Å². The summed E-state index contributed by atoms with van der Waals surface area (Å²) in [6.45, 7) is 10.2. The van der Waals surface area contributed by atoms with Crippen molar-refractivity contribution in [3.8, 4) is 0 Å². The molecule has 2 rings (SSSR count). The highest BCUT2D eigenvalue weighted by Crippen LogP contribution is 2.21. The SMILES string of the molecule is CCNC(=NCc1cccc(COC(C)C)c1)NCC(C)(O)c1ccsc1. The topological polar surface area (TPSA) is 65.9 Å². The fourth-order valence-corrected chi connectivity index (χ4v) is 3.30. The van der Waals surface area contributed by atoms with Crippen LogP contribution in [0.15, 0.2) is 46.1 Å². The van der Waals surface area contributed by atoms with Crippen molar-refractivity contribution >= 4 is 17.3 Å². The number of hydrogen-bond donors (Lipinski definition) is 3. The van der Waals surface area contributed by atoms with Crippen molar-refractivity contribution in [2.45, 2.75) is 52.6 Å². The molecule has 0 spiro atoms. The summed E-state index contributed by atoms with van der Waals surface area (Å²) >= 11 is 1.58. The first-order valence-electron chi connectivity index (χ1n) is 9.37. The van der Waals surface area contributed by atoms with Gasteiger partial charge in [0, 0.05) is 6.54 Å². The van der Waals surface area contributed by atoms with Crippen molar-refractivity contribution in [3.63, 3.8) is 0 Å². The standard InChI is InChI=1S/C21H31N3O2S/c1-5-22-20(24-15-21(4,25)19-9-10-27-14-19)23-12-17-7-6-8-18(11-17)13-26-16(2)3/h6-11,14,16,25H,5,12-13,15H2,1-4H3,(H2,22,23,24). The van der Waals surface area contributed by atoms with Gasteiger partial charge in [-0.05, 0) is 61.2 Å².